The summed E-state index contributed by atoms with van der Waals surface area (Å²) in [6.45, 7) is 3.96. The number of ether oxygens (including phenoxy) is 1. The number of carbonyl (C=O) groups is 3. The number of nitrogens with one attached hydrogen (secondary N) is 2. The molecule has 2 aromatic rings. The molecule has 0 bridgehead atoms. The maximum Gasteiger partial charge on any atom is 0.407 e. The summed E-state index contributed by atoms with van der Waals surface area (Å²) >= 11 is 1.36. The number of carboxylic acids is 1. The zero-order valence-electron chi connectivity index (χ0n) is 18.2. The highest BCUT2D eigenvalue weighted by Gasteiger charge is 2.29. The normalized spacial score (nSPS) is 12.6. The number of amides is 2. The van der Waals surface area contributed by atoms with E-state index < -0.39 is 17.6 Å². The van der Waals surface area contributed by atoms with Crippen molar-refractivity contribution in [2.75, 3.05) is 24.7 Å². The number of benzene rings is 2. The highest BCUT2D eigenvalue weighted by atomic mass is 32.2. The molecule has 0 fully saturated rings. The molecule has 0 aromatic heterocycles. The molecular weight excluding hydrogens is 428 g/mol. The Bertz CT molecular complexity index is 946. The van der Waals surface area contributed by atoms with Gasteiger partial charge in [-0.2, -0.15) is 11.8 Å². The first kappa shape index (κ1) is 23.7. The molecule has 3 N–H and O–H groups in total. The number of aliphatic carboxylic acids is 1. The third-order valence-electron chi connectivity index (χ3n) is 5.16. The van der Waals surface area contributed by atoms with E-state index in [-0.39, 0.29) is 30.6 Å². The first-order chi connectivity index (χ1) is 15.3. The Kier molecular flexibility index (Phi) is 7.80. The van der Waals surface area contributed by atoms with Gasteiger partial charge in [0, 0.05) is 23.8 Å². The van der Waals surface area contributed by atoms with Crippen molar-refractivity contribution < 1.29 is 24.2 Å². The Morgan fingerprint density at radius 2 is 1.62 bits per heavy atom. The topological polar surface area (TPSA) is 105 Å². The third kappa shape index (κ3) is 6.26. The minimum absolute atomic E-state index is 0.0142. The van der Waals surface area contributed by atoms with E-state index in [1.165, 1.54) is 22.9 Å². The summed E-state index contributed by atoms with van der Waals surface area (Å²) in [4.78, 5) is 34.9. The second-order valence-corrected chi connectivity index (χ2v) is 9.41. The maximum absolute atomic E-state index is 12.1. The minimum atomic E-state index is -0.963. The molecule has 0 radical (unpaired) electrons. The summed E-state index contributed by atoms with van der Waals surface area (Å²) in [5.41, 5.74) is 3.88. The fourth-order valence-electron chi connectivity index (χ4n) is 3.88. The molecule has 0 atom stereocenters. The number of carbonyl (C=O) groups excluding carboxylic acids is 2. The average molecular weight is 457 g/mol. The molecule has 170 valence electrons. The summed E-state index contributed by atoms with van der Waals surface area (Å²) in [7, 11) is 0. The van der Waals surface area contributed by atoms with Crippen LogP contribution in [-0.2, 0) is 14.3 Å². The van der Waals surface area contributed by atoms with E-state index in [1.54, 1.807) is 13.8 Å². The van der Waals surface area contributed by atoms with Gasteiger partial charge in [0.05, 0.1) is 12.2 Å². The summed E-state index contributed by atoms with van der Waals surface area (Å²) in [6.07, 6.45) is -0.633. The van der Waals surface area contributed by atoms with Crippen LogP contribution in [0.3, 0.4) is 0 Å². The molecule has 0 aliphatic heterocycles. The molecule has 32 heavy (non-hydrogen) atoms. The van der Waals surface area contributed by atoms with Gasteiger partial charge in [0.2, 0.25) is 5.91 Å². The van der Waals surface area contributed by atoms with Crippen LogP contribution in [0.15, 0.2) is 48.5 Å². The van der Waals surface area contributed by atoms with Crippen LogP contribution in [0.4, 0.5) is 4.79 Å². The summed E-state index contributed by atoms with van der Waals surface area (Å²) in [5.74, 6) is -0.454. The predicted octanol–water partition coefficient (Wildman–Crippen LogP) is 3.63. The molecule has 1 aliphatic carbocycles. The molecule has 7 nitrogen and oxygen atoms in total. The summed E-state index contributed by atoms with van der Waals surface area (Å²) in [6, 6.07) is 16.3. The lowest BCUT2D eigenvalue weighted by Gasteiger charge is -2.24. The average Bonchev–Trinajstić information content (AvgIpc) is 3.04. The smallest absolute Gasteiger partial charge is 0.407 e. The Hall–Kier alpha value is -3.00. The van der Waals surface area contributed by atoms with Gasteiger partial charge >= 0.3 is 12.1 Å². The molecule has 0 saturated carbocycles. The van der Waals surface area contributed by atoms with Crippen molar-refractivity contribution in [1.82, 2.24) is 10.6 Å². The first-order valence-corrected chi connectivity index (χ1v) is 11.6. The van der Waals surface area contributed by atoms with E-state index in [0.29, 0.717) is 12.3 Å². The van der Waals surface area contributed by atoms with Crippen LogP contribution in [0.25, 0.3) is 11.1 Å². The van der Waals surface area contributed by atoms with Crippen molar-refractivity contribution in [1.29, 1.82) is 0 Å². The molecule has 8 heteroatoms. The van der Waals surface area contributed by atoms with Crippen LogP contribution in [0.1, 0.15) is 37.3 Å². The standard InChI is InChI=1S/C24H28N2O5S/c1-24(2,13-22(28)29)26-21(27)15-32-12-11-25-23(30)31-14-20-18-9-5-3-7-16(18)17-8-4-6-10-19(17)20/h3-10,20H,11-15H2,1-2H3,(H,25,30)(H,26,27)(H,28,29). The van der Waals surface area contributed by atoms with Gasteiger partial charge in [0.1, 0.15) is 6.61 Å². The Balaban J connectivity index is 1.38. The van der Waals surface area contributed by atoms with Gasteiger partial charge in [0.25, 0.3) is 0 Å². The van der Waals surface area contributed by atoms with E-state index in [1.807, 2.05) is 24.3 Å². The van der Waals surface area contributed by atoms with Crippen LogP contribution in [0.5, 0.6) is 0 Å². The predicted molar refractivity (Wildman–Crippen MR) is 125 cm³/mol. The van der Waals surface area contributed by atoms with Crippen molar-refractivity contribution in [2.24, 2.45) is 0 Å². The summed E-state index contributed by atoms with van der Waals surface area (Å²) < 4.78 is 5.48. The van der Waals surface area contributed by atoms with E-state index >= 15 is 0 Å². The van der Waals surface area contributed by atoms with Gasteiger partial charge < -0.3 is 20.5 Å². The molecule has 0 unspecified atom stereocenters. The number of thioether (sulfide) groups is 1. The quantitative estimate of drug-likeness (QED) is 0.472. The number of fused-ring (bicyclic) bond motifs is 3. The van der Waals surface area contributed by atoms with Gasteiger partial charge in [0.15, 0.2) is 0 Å². The third-order valence-corrected chi connectivity index (χ3v) is 6.12. The van der Waals surface area contributed by atoms with Gasteiger partial charge in [-0.15, -0.1) is 0 Å². The van der Waals surface area contributed by atoms with Crippen molar-refractivity contribution in [3.63, 3.8) is 0 Å². The highest BCUT2D eigenvalue weighted by molar-refractivity contribution is 7.99. The van der Waals surface area contributed by atoms with Crippen molar-refractivity contribution in [2.45, 2.75) is 31.7 Å². The van der Waals surface area contributed by atoms with E-state index in [2.05, 4.69) is 34.9 Å². The van der Waals surface area contributed by atoms with Crippen LogP contribution in [-0.4, -0.2) is 53.3 Å². The molecule has 0 heterocycles. The second kappa shape index (κ2) is 10.5. The zero-order chi connectivity index (χ0) is 23.1. The zero-order valence-corrected chi connectivity index (χ0v) is 19.0. The van der Waals surface area contributed by atoms with Crippen LogP contribution >= 0.6 is 11.8 Å². The highest BCUT2D eigenvalue weighted by Crippen LogP contribution is 2.44. The fraction of sp³-hybridized carbons (Fsp3) is 0.375. The Morgan fingerprint density at radius 3 is 2.22 bits per heavy atom. The maximum atomic E-state index is 12.1. The van der Waals surface area contributed by atoms with Crippen LogP contribution in [0, 0.1) is 0 Å². The lowest BCUT2D eigenvalue weighted by molar-refractivity contribution is -0.138. The SMILES string of the molecule is CC(C)(CC(=O)O)NC(=O)CSCCNC(=O)OCC1c2ccccc2-c2ccccc21. The fourth-order valence-corrected chi connectivity index (χ4v) is 4.52. The number of alkyl carbamates (subject to hydrolysis) is 1. The van der Waals surface area contributed by atoms with Crippen LogP contribution < -0.4 is 10.6 Å². The molecule has 2 aromatic carbocycles. The van der Waals surface area contributed by atoms with Crippen molar-refractivity contribution in [3.05, 3.63) is 59.7 Å². The number of rotatable bonds is 10. The minimum Gasteiger partial charge on any atom is -0.481 e. The Labute approximate surface area is 191 Å². The number of hydrogen-bond acceptors (Lipinski definition) is 5. The largest absolute Gasteiger partial charge is 0.481 e. The van der Waals surface area contributed by atoms with Crippen LogP contribution in [0.2, 0.25) is 0 Å². The first-order valence-electron chi connectivity index (χ1n) is 10.5. The van der Waals surface area contributed by atoms with E-state index in [9.17, 15) is 14.4 Å². The van der Waals surface area contributed by atoms with Gasteiger partial charge in [-0.05, 0) is 36.1 Å². The number of carboxylic acid groups (broad SMARTS) is 1. The second-order valence-electron chi connectivity index (χ2n) is 8.31. The van der Waals surface area contributed by atoms with Crippen molar-refractivity contribution in [3.8, 4) is 11.1 Å². The molecule has 0 saturated heterocycles. The van der Waals surface area contributed by atoms with E-state index in [0.717, 1.165) is 11.1 Å². The summed E-state index contributed by atoms with van der Waals surface area (Å²) in [5, 5.41) is 14.3. The van der Waals surface area contributed by atoms with Gasteiger partial charge in [-0.3, -0.25) is 9.59 Å². The lowest BCUT2D eigenvalue weighted by atomic mass is 9.98. The Morgan fingerprint density at radius 1 is 1.03 bits per heavy atom. The van der Waals surface area contributed by atoms with Crippen molar-refractivity contribution >= 4 is 29.7 Å². The number of hydrogen-bond donors (Lipinski definition) is 3. The molecule has 1 aliphatic rings. The monoisotopic (exact) mass is 456 g/mol. The molecule has 2 amide bonds. The van der Waals surface area contributed by atoms with Gasteiger partial charge in [-0.1, -0.05) is 48.5 Å². The molecular formula is C24H28N2O5S. The molecule has 0 spiro atoms. The molecule has 3 rings (SSSR count). The van der Waals surface area contributed by atoms with E-state index in [4.69, 9.17) is 9.84 Å². The lowest BCUT2D eigenvalue weighted by Crippen LogP contribution is -2.45. The van der Waals surface area contributed by atoms with Gasteiger partial charge in [-0.25, -0.2) is 4.79 Å².